The van der Waals surface area contributed by atoms with E-state index < -0.39 is 5.97 Å². The van der Waals surface area contributed by atoms with Crippen molar-refractivity contribution in [3.05, 3.63) is 24.0 Å². The molecule has 92 valence electrons. The molecule has 0 saturated heterocycles. The van der Waals surface area contributed by atoms with Crippen LogP contribution in [0.3, 0.4) is 0 Å². The molecule has 6 nitrogen and oxygen atoms in total. The Kier molecular flexibility index (Phi) is 4.59. The van der Waals surface area contributed by atoms with E-state index in [1.165, 1.54) is 18.5 Å². The number of hydrogen-bond acceptors (Lipinski definition) is 4. The Hall–Kier alpha value is -1.95. The molecular weight excluding hydrogens is 222 g/mol. The summed E-state index contributed by atoms with van der Waals surface area (Å²) in [6.07, 6.45) is 3.50. The second kappa shape index (κ2) is 5.95. The van der Waals surface area contributed by atoms with Crippen molar-refractivity contribution in [3.63, 3.8) is 0 Å². The fourth-order valence-electron chi connectivity index (χ4n) is 1.21. The van der Waals surface area contributed by atoms with E-state index in [0.29, 0.717) is 18.5 Å². The van der Waals surface area contributed by atoms with Crippen molar-refractivity contribution in [3.8, 4) is 0 Å². The minimum absolute atomic E-state index is 0.0370. The molecular formula is C11H15N3O3. The lowest BCUT2D eigenvalue weighted by Gasteiger charge is -2.06. The highest BCUT2D eigenvalue weighted by molar-refractivity contribution is 5.93. The number of nitrogens with two attached hydrogens (primary N) is 1. The Bertz CT molecular complexity index is 418. The van der Waals surface area contributed by atoms with Crippen molar-refractivity contribution >= 4 is 17.6 Å². The molecule has 4 N–H and O–H groups in total. The van der Waals surface area contributed by atoms with E-state index in [9.17, 15) is 9.59 Å². The van der Waals surface area contributed by atoms with Crippen molar-refractivity contribution in [2.24, 2.45) is 5.73 Å². The van der Waals surface area contributed by atoms with Crippen molar-refractivity contribution < 1.29 is 14.7 Å². The minimum Gasteiger partial charge on any atom is -0.478 e. The number of pyridine rings is 1. The summed E-state index contributed by atoms with van der Waals surface area (Å²) in [6.45, 7) is 1.82. The van der Waals surface area contributed by atoms with E-state index >= 15 is 0 Å². The van der Waals surface area contributed by atoms with Gasteiger partial charge in [-0.15, -0.1) is 0 Å². The minimum atomic E-state index is -1.08. The molecule has 1 amide bonds. The van der Waals surface area contributed by atoms with Crippen LogP contribution in [-0.4, -0.2) is 28.0 Å². The molecule has 0 aliphatic rings. The predicted octanol–water partition coefficient (Wildman–Crippen LogP) is 0.846. The molecule has 0 saturated carbocycles. The highest BCUT2D eigenvalue weighted by atomic mass is 16.4. The number of rotatable bonds is 5. The van der Waals surface area contributed by atoms with Crippen LogP contribution in [0.25, 0.3) is 0 Å². The van der Waals surface area contributed by atoms with Gasteiger partial charge in [-0.05, 0) is 19.4 Å². The average Bonchev–Trinajstić information content (AvgIpc) is 2.26. The Balaban J connectivity index is 2.59. The first-order valence-corrected chi connectivity index (χ1v) is 5.23. The fourth-order valence-corrected chi connectivity index (χ4v) is 1.21. The van der Waals surface area contributed by atoms with Crippen LogP contribution in [0.4, 0.5) is 5.69 Å². The number of carbonyl (C=O) groups is 2. The highest BCUT2D eigenvalue weighted by Gasteiger charge is 2.07. The third kappa shape index (κ3) is 4.60. The summed E-state index contributed by atoms with van der Waals surface area (Å²) in [7, 11) is 0. The van der Waals surface area contributed by atoms with Gasteiger partial charge in [-0.25, -0.2) is 4.79 Å². The molecule has 0 aliphatic carbocycles. The Morgan fingerprint density at radius 2 is 2.24 bits per heavy atom. The van der Waals surface area contributed by atoms with Crippen molar-refractivity contribution in [2.45, 2.75) is 25.8 Å². The van der Waals surface area contributed by atoms with Gasteiger partial charge in [0.05, 0.1) is 17.4 Å². The second-order valence-corrected chi connectivity index (χ2v) is 3.83. The van der Waals surface area contributed by atoms with Crippen LogP contribution < -0.4 is 11.1 Å². The topological polar surface area (TPSA) is 105 Å². The molecule has 0 aliphatic heterocycles. The Morgan fingerprint density at radius 1 is 1.53 bits per heavy atom. The van der Waals surface area contributed by atoms with E-state index in [1.54, 1.807) is 0 Å². The van der Waals surface area contributed by atoms with Crippen LogP contribution in [0.15, 0.2) is 18.5 Å². The molecule has 0 aromatic carbocycles. The maximum absolute atomic E-state index is 11.5. The number of anilines is 1. The van der Waals surface area contributed by atoms with E-state index in [2.05, 4.69) is 10.3 Å². The van der Waals surface area contributed by atoms with Gasteiger partial charge in [0, 0.05) is 18.7 Å². The van der Waals surface area contributed by atoms with Crippen LogP contribution in [-0.2, 0) is 4.79 Å². The zero-order valence-electron chi connectivity index (χ0n) is 9.51. The van der Waals surface area contributed by atoms with Gasteiger partial charge in [-0.3, -0.25) is 9.78 Å². The number of carbonyl (C=O) groups excluding carboxylic acids is 1. The summed E-state index contributed by atoms with van der Waals surface area (Å²) in [5.74, 6) is -1.28. The average molecular weight is 237 g/mol. The molecule has 1 heterocycles. The third-order valence-electron chi connectivity index (χ3n) is 2.10. The number of carboxylic acid groups (broad SMARTS) is 1. The number of nitrogens with zero attached hydrogens (tertiary/aromatic N) is 1. The summed E-state index contributed by atoms with van der Waals surface area (Å²) in [5, 5.41) is 11.3. The molecule has 0 fully saturated rings. The van der Waals surface area contributed by atoms with Gasteiger partial charge in [-0.1, -0.05) is 0 Å². The van der Waals surface area contributed by atoms with Gasteiger partial charge in [-0.2, -0.15) is 0 Å². The number of aromatic carboxylic acids is 1. The monoisotopic (exact) mass is 237 g/mol. The number of nitrogens with one attached hydrogen (secondary N) is 1. The summed E-state index contributed by atoms with van der Waals surface area (Å²) in [6, 6.07) is 1.32. The second-order valence-electron chi connectivity index (χ2n) is 3.83. The third-order valence-corrected chi connectivity index (χ3v) is 2.10. The molecule has 1 rings (SSSR count). The first kappa shape index (κ1) is 13.1. The van der Waals surface area contributed by atoms with Gasteiger partial charge in [0.15, 0.2) is 0 Å². The Labute approximate surface area is 98.8 Å². The zero-order valence-corrected chi connectivity index (χ0v) is 9.51. The number of carboxylic acids is 1. The Morgan fingerprint density at radius 3 is 2.82 bits per heavy atom. The van der Waals surface area contributed by atoms with Crippen molar-refractivity contribution in [1.29, 1.82) is 0 Å². The molecule has 1 atom stereocenters. The van der Waals surface area contributed by atoms with Crippen molar-refractivity contribution in [2.75, 3.05) is 5.32 Å². The fraction of sp³-hybridized carbons (Fsp3) is 0.364. The van der Waals surface area contributed by atoms with Crippen LogP contribution in [0.1, 0.15) is 30.1 Å². The van der Waals surface area contributed by atoms with Crippen LogP contribution in [0.5, 0.6) is 0 Å². The quantitative estimate of drug-likeness (QED) is 0.703. The smallest absolute Gasteiger partial charge is 0.337 e. The lowest BCUT2D eigenvalue weighted by atomic mass is 10.2. The number of hydrogen-bond donors (Lipinski definition) is 3. The standard InChI is InChI=1S/C11H15N3O3/c1-7(12)2-3-10(15)14-9-4-8(11(16)17)5-13-6-9/h4-7H,2-3,12H2,1H3,(H,14,15)(H,16,17). The zero-order chi connectivity index (χ0) is 12.8. The lowest BCUT2D eigenvalue weighted by Crippen LogP contribution is -2.19. The normalized spacial score (nSPS) is 11.9. The van der Waals surface area contributed by atoms with E-state index in [-0.39, 0.29) is 17.5 Å². The SMILES string of the molecule is CC(N)CCC(=O)Nc1cncc(C(=O)O)c1. The first-order chi connectivity index (χ1) is 7.99. The molecule has 17 heavy (non-hydrogen) atoms. The maximum Gasteiger partial charge on any atom is 0.337 e. The van der Waals surface area contributed by atoms with Gasteiger partial charge in [0.1, 0.15) is 0 Å². The summed E-state index contributed by atoms with van der Waals surface area (Å²) < 4.78 is 0. The van der Waals surface area contributed by atoms with Gasteiger partial charge in [0.25, 0.3) is 0 Å². The highest BCUT2D eigenvalue weighted by Crippen LogP contribution is 2.09. The largest absolute Gasteiger partial charge is 0.478 e. The van der Waals surface area contributed by atoms with Gasteiger partial charge in [0.2, 0.25) is 5.91 Å². The number of aromatic nitrogens is 1. The summed E-state index contributed by atoms with van der Waals surface area (Å²) in [5.41, 5.74) is 5.94. The molecule has 1 unspecified atom stereocenters. The first-order valence-electron chi connectivity index (χ1n) is 5.23. The van der Waals surface area contributed by atoms with Crippen LogP contribution in [0, 0.1) is 0 Å². The molecule has 1 aromatic heterocycles. The van der Waals surface area contributed by atoms with Crippen LogP contribution >= 0.6 is 0 Å². The maximum atomic E-state index is 11.5. The van der Waals surface area contributed by atoms with Crippen LogP contribution in [0.2, 0.25) is 0 Å². The van der Waals surface area contributed by atoms with E-state index in [4.69, 9.17) is 10.8 Å². The summed E-state index contributed by atoms with van der Waals surface area (Å²) >= 11 is 0. The number of amides is 1. The molecule has 0 spiro atoms. The molecule has 0 radical (unpaired) electrons. The van der Waals surface area contributed by atoms with E-state index in [0.717, 1.165) is 0 Å². The van der Waals surface area contributed by atoms with Gasteiger partial charge < -0.3 is 16.2 Å². The summed E-state index contributed by atoms with van der Waals surface area (Å²) in [4.78, 5) is 25.9. The molecule has 0 bridgehead atoms. The lowest BCUT2D eigenvalue weighted by molar-refractivity contribution is -0.116. The van der Waals surface area contributed by atoms with E-state index in [1.807, 2.05) is 6.92 Å². The predicted molar refractivity (Wildman–Crippen MR) is 62.7 cm³/mol. The molecule has 1 aromatic rings. The van der Waals surface area contributed by atoms with Gasteiger partial charge >= 0.3 is 5.97 Å². The molecule has 6 heteroatoms. The van der Waals surface area contributed by atoms with Crippen molar-refractivity contribution in [1.82, 2.24) is 4.98 Å².